The topological polar surface area (TPSA) is 173 Å². The fourth-order valence-corrected chi connectivity index (χ4v) is 6.17. The van der Waals surface area contributed by atoms with Crippen LogP contribution in [-0.2, 0) is 33.5 Å². The van der Waals surface area contributed by atoms with E-state index in [1.165, 1.54) is 19.0 Å². The molecule has 14 heteroatoms. The summed E-state index contributed by atoms with van der Waals surface area (Å²) < 4.78 is 55.4. The van der Waals surface area contributed by atoms with Crippen molar-refractivity contribution in [1.29, 1.82) is 0 Å². The van der Waals surface area contributed by atoms with Crippen LogP contribution in [-0.4, -0.2) is 81.8 Å². The Morgan fingerprint density at radius 1 is 1.23 bits per heavy atom. The molecule has 7 N–H and O–H groups in total. The van der Waals surface area contributed by atoms with Gasteiger partial charge in [0.05, 0.1) is 17.2 Å². The molecular formula is C25H27F4N3O7. The number of carbonyl (C=O) groups is 3. The molecule has 0 spiro atoms. The molecule has 0 radical (unpaired) electrons. The van der Waals surface area contributed by atoms with Crippen molar-refractivity contribution in [2.75, 3.05) is 27.3 Å². The van der Waals surface area contributed by atoms with Crippen LogP contribution in [0.25, 0.3) is 5.76 Å². The number of aliphatic hydroxyl groups is 3. The van der Waals surface area contributed by atoms with Gasteiger partial charge in [-0.2, -0.15) is 13.2 Å². The van der Waals surface area contributed by atoms with Gasteiger partial charge in [0.2, 0.25) is 5.78 Å². The van der Waals surface area contributed by atoms with Crippen molar-refractivity contribution in [3.05, 3.63) is 45.2 Å². The molecule has 1 aromatic carbocycles. The Bertz CT molecular complexity index is 1340. The number of amides is 1. The molecule has 1 fully saturated rings. The largest absolute Gasteiger partial charge is 0.508 e. The van der Waals surface area contributed by atoms with Crippen LogP contribution in [0.4, 0.5) is 17.6 Å². The van der Waals surface area contributed by atoms with E-state index in [9.17, 15) is 52.4 Å². The van der Waals surface area contributed by atoms with Crippen LogP contribution >= 0.6 is 0 Å². The predicted octanol–water partition coefficient (Wildman–Crippen LogP) is 1.04. The normalized spacial score (nSPS) is 27.0. The van der Waals surface area contributed by atoms with Crippen molar-refractivity contribution >= 4 is 23.2 Å². The number of carbonyl (C=O) groups excluding carboxylic acids is 3. The Morgan fingerprint density at radius 3 is 2.41 bits per heavy atom. The van der Waals surface area contributed by atoms with Crippen LogP contribution < -0.4 is 11.1 Å². The van der Waals surface area contributed by atoms with Crippen molar-refractivity contribution in [2.45, 2.75) is 37.2 Å². The minimum atomic E-state index is -4.97. The number of fused-ring (bicyclic) bond motifs is 3. The number of alkyl halides is 4. The van der Waals surface area contributed by atoms with Gasteiger partial charge in [0, 0.05) is 24.6 Å². The average molecular weight is 557 g/mol. The lowest BCUT2D eigenvalue weighted by molar-refractivity contribution is -0.153. The second-order valence-electron chi connectivity index (χ2n) is 10.1. The van der Waals surface area contributed by atoms with Crippen LogP contribution in [0.15, 0.2) is 23.0 Å². The number of ketones is 2. The van der Waals surface area contributed by atoms with Gasteiger partial charge in [0.25, 0.3) is 5.91 Å². The van der Waals surface area contributed by atoms with Crippen LogP contribution in [0.1, 0.15) is 28.7 Å². The molecule has 0 unspecified atom stereocenters. The van der Waals surface area contributed by atoms with E-state index in [1.807, 2.05) is 0 Å². The van der Waals surface area contributed by atoms with Gasteiger partial charge in [-0.05, 0) is 50.0 Å². The molecule has 0 aromatic heterocycles. The van der Waals surface area contributed by atoms with Gasteiger partial charge in [-0.25, -0.2) is 4.39 Å². The molecule has 0 bridgehead atoms. The van der Waals surface area contributed by atoms with Gasteiger partial charge in [-0.3, -0.25) is 19.3 Å². The molecule has 0 saturated heterocycles. The number of primary amides is 1. The zero-order chi connectivity index (χ0) is 29.2. The molecule has 4 rings (SSSR count). The summed E-state index contributed by atoms with van der Waals surface area (Å²) >= 11 is 0. The Balaban J connectivity index is 1.97. The molecule has 1 aromatic rings. The number of rotatable bonds is 6. The molecule has 3 aliphatic carbocycles. The first-order chi connectivity index (χ1) is 18.1. The summed E-state index contributed by atoms with van der Waals surface area (Å²) in [7, 11) is 2.81. The summed E-state index contributed by atoms with van der Waals surface area (Å²) in [5.41, 5.74) is -1.98. The highest BCUT2D eigenvalue weighted by molar-refractivity contribution is 6.24. The molecule has 212 valence electrons. The van der Waals surface area contributed by atoms with Gasteiger partial charge >= 0.3 is 6.18 Å². The molecule has 4 atom stereocenters. The number of Topliss-reactive ketones (excluding diaryl/α,β-unsaturated/α-hetero) is 2. The third-order valence-corrected chi connectivity index (χ3v) is 7.68. The Morgan fingerprint density at radius 2 is 1.87 bits per heavy atom. The number of nitrogens with zero attached hydrogens (tertiary/aromatic N) is 1. The maximum absolute atomic E-state index is 14.3. The van der Waals surface area contributed by atoms with Crippen molar-refractivity contribution in [1.82, 2.24) is 10.2 Å². The van der Waals surface area contributed by atoms with E-state index in [0.29, 0.717) is 0 Å². The summed E-state index contributed by atoms with van der Waals surface area (Å²) in [4.78, 5) is 40.1. The fraction of sp³-hybridized carbons (Fsp3) is 0.480. The average Bonchev–Trinajstić information content (AvgIpc) is 2.80. The number of hydrogen-bond acceptors (Lipinski definition) is 9. The first-order valence-electron chi connectivity index (χ1n) is 11.9. The van der Waals surface area contributed by atoms with Gasteiger partial charge < -0.3 is 31.5 Å². The smallest absolute Gasteiger partial charge is 0.417 e. The van der Waals surface area contributed by atoms with E-state index in [-0.39, 0.29) is 13.0 Å². The maximum Gasteiger partial charge on any atom is 0.417 e. The van der Waals surface area contributed by atoms with Crippen molar-refractivity contribution < 1.29 is 52.4 Å². The monoisotopic (exact) mass is 557 g/mol. The van der Waals surface area contributed by atoms with E-state index in [2.05, 4.69) is 5.32 Å². The maximum atomic E-state index is 14.3. The number of hydrogen-bond donors (Lipinski definition) is 6. The second-order valence-corrected chi connectivity index (χ2v) is 10.1. The standard InChI is InChI=1S/C25H27F4N3O7/c1-32(2)18-12-6-9-5-11-15(13(33)7-10(8-31-4-3-26)17(11)25(27,28)29)19(34)14(9)21(36)24(12,39)22(37)16(20(18)35)23(30)38/h7,9,12,18,31,33-34,37,39H,3-6,8H2,1-2H3,(H2,30,38)/t9-,12-,18-,24-/m0/s1. The van der Waals surface area contributed by atoms with E-state index < -0.39 is 117 Å². The van der Waals surface area contributed by atoms with Gasteiger partial charge in [0.1, 0.15) is 29.5 Å². The molecule has 1 amide bonds. The van der Waals surface area contributed by atoms with E-state index in [1.54, 1.807) is 0 Å². The number of likely N-dealkylation sites (N-methyl/N-ethyl adjacent to an activating group) is 1. The molecule has 3 aliphatic rings. The van der Waals surface area contributed by atoms with Crippen LogP contribution in [0, 0.1) is 11.8 Å². The van der Waals surface area contributed by atoms with E-state index in [4.69, 9.17) is 5.73 Å². The lowest BCUT2D eigenvalue weighted by atomic mass is 9.57. The lowest BCUT2D eigenvalue weighted by Gasteiger charge is -2.50. The molecule has 10 nitrogen and oxygen atoms in total. The van der Waals surface area contributed by atoms with Crippen LogP contribution in [0.3, 0.4) is 0 Å². The minimum Gasteiger partial charge on any atom is -0.508 e. The number of aromatic hydroxyl groups is 1. The van der Waals surface area contributed by atoms with Crippen LogP contribution in [0.5, 0.6) is 5.75 Å². The van der Waals surface area contributed by atoms with Gasteiger partial charge in [0.15, 0.2) is 11.4 Å². The van der Waals surface area contributed by atoms with Crippen molar-refractivity contribution in [3.63, 3.8) is 0 Å². The SMILES string of the molecule is CN(C)[C@@H]1C(=O)C(C(N)=O)=C(O)[C@@]2(O)C(=O)C3=C(O)c4c(O)cc(CNCCF)c(C(F)(F)F)c4C[C@H]3C[C@@H]12. The number of aliphatic hydroxyl groups excluding tert-OH is 2. The van der Waals surface area contributed by atoms with Crippen molar-refractivity contribution in [2.24, 2.45) is 17.6 Å². The quantitative estimate of drug-likeness (QED) is 0.170. The number of phenols is 1. The molecular weight excluding hydrogens is 530 g/mol. The molecule has 39 heavy (non-hydrogen) atoms. The van der Waals surface area contributed by atoms with Crippen LogP contribution in [0.2, 0.25) is 0 Å². The number of phenolic OH excluding ortho intramolecular Hbond substituents is 1. The highest BCUT2D eigenvalue weighted by atomic mass is 19.4. The first kappa shape index (κ1) is 28.5. The summed E-state index contributed by atoms with van der Waals surface area (Å²) in [5, 5.41) is 46.5. The summed E-state index contributed by atoms with van der Waals surface area (Å²) in [6.07, 6.45) is -5.84. The molecule has 0 heterocycles. The minimum absolute atomic E-state index is 0.244. The van der Waals surface area contributed by atoms with Crippen molar-refractivity contribution in [3.8, 4) is 5.75 Å². The zero-order valence-electron chi connectivity index (χ0n) is 20.9. The predicted molar refractivity (Wildman–Crippen MR) is 127 cm³/mol. The number of halogens is 4. The summed E-state index contributed by atoms with van der Waals surface area (Å²) in [5.74, 6) is -9.41. The summed E-state index contributed by atoms with van der Waals surface area (Å²) in [6, 6.07) is -0.618. The Labute approximate surface area is 219 Å². The Hall–Kier alpha value is -3.49. The highest BCUT2D eigenvalue weighted by Gasteiger charge is 2.64. The van der Waals surface area contributed by atoms with E-state index in [0.717, 1.165) is 6.07 Å². The highest BCUT2D eigenvalue weighted by Crippen LogP contribution is 2.54. The third kappa shape index (κ3) is 4.17. The Kier molecular flexibility index (Phi) is 7.02. The number of benzene rings is 1. The lowest BCUT2D eigenvalue weighted by Crippen LogP contribution is -2.65. The first-order valence-corrected chi connectivity index (χ1v) is 11.9. The fourth-order valence-electron chi connectivity index (χ4n) is 6.17. The van der Waals surface area contributed by atoms with E-state index >= 15 is 0 Å². The number of nitrogens with two attached hydrogens (primary N) is 1. The van der Waals surface area contributed by atoms with Gasteiger partial charge in [-0.1, -0.05) is 0 Å². The number of nitrogens with one attached hydrogen (secondary N) is 1. The second kappa shape index (κ2) is 9.61. The summed E-state index contributed by atoms with van der Waals surface area (Å²) in [6.45, 7) is -1.54. The third-order valence-electron chi connectivity index (χ3n) is 7.68. The molecule has 1 saturated carbocycles. The zero-order valence-corrected chi connectivity index (χ0v) is 20.9. The molecule has 0 aliphatic heterocycles. The van der Waals surface area contributed by atoms with Gasteiger partial charge in [-0.15, -0.1) is 0 Å².